The van der Waals surface area contributed by atoms with Crippen LogP contribution in [0.1, 0.15) is 5.56 Å². The number of benzene rings is 2. The van der Waals surface area contributed by atoms with E-state index in [-0.39, 0.29) is 0 Å². The summed E-state index contributed by atoms with van der Waals surface area (Å²) in [4.78, 5) is 12.4. The number of methoxy groups -OCH3 is 1. The standard InChI is InChI=1S/C16H19NO2/c1-17(9-10-18)8-7-13-3-4-15-12-16(19-2)6-5-14(15)11-13/h3-6,10-12H,7-9H2,1-2H3. The Bertz CT molecular complexity index is 566. The number of fused-ring (bicyclic) bond motifs is 1. The number of carbonyl (C=O) groups excluding carboxylic acids is 1. The van der Waals surface area contributed by atoms with Crippen LogP contribution in [-0.4, -0.2) is 38.4 Å². The maximum Gasteiger partial charge on any atom is 0.133 e. The smallest absolute Gasteiger partial charge is 0.133 e. The van der Waals surface area contributed by atoms with Gasteiger partial charge >= 0.3 is 0 Å². The van der Waals surface area contributed by atoms with Gasteiger partial charge in [0.15, 0.2) is 0 Å². The monoisotopic (exact) mass is 257 g/mol. The molecule has 0 aliphatic heterocycles. The van der Waals surface area contributed by atoms with Crippen LogP contribution >= 0.6 is 0 Å². The van der Waals surface area contributed by atoms with Gasteiger partial charge in [0, 0.05) is 6.54 Å². The average Bonchev–Trinajstić information content (AvgIpc) is 2.44. The maximum absolute atomic E-state index is 10.4. The van der Waals surface area contributed by atoms with E-state index in [1.807, 2.05) is 24.1 Å². The van der Waals surface area contributed by atoms with Crippen molar-refractivity contribution in [3.05, 3.63) is 42.0 Å². The van der Waals surface area contributed by atoms with Gasteiger partial charge in [0.1, 0.15) is 12.0 Å². The van der Waals surface area contributed by atoms with E-state index >= 15 is 0 Å². The molecule has 19 heavy (non-hydrogen) atoms. The molecule has 0 heterocycles. The SMILES string of the molecule is COc1ccc2cc(CCN(C)CC=O)ccc2c1. The molecule has 2 rings (SSSR count). The number of ether oxygens (including phenoxy) is 1. The van der Waals surface area contributed by atoms with Gasteiger partial charge in [-0.25, -0.2) is 0 Å². The van der Waals surface area contributed by atoms with Crippen molar-refractivity contribution in [2.75, 3.05) is 27.2 Å². The van der Waals surface area contributed by atoms with Crippen LogP contribution in [0.2, 0.25) is 0 Å². The van der Waals surface area contributed by atoms with Crippen LogP contribution < -0.4 is 4.74 Å². The zero-order valence-corrected chi connectivity index (χ0v) is 11.4. The van der Waals surface area contributed by atoms with Gasteiger partial charge in [0.2, 0.25) is 0 Å². The summed E-state index contributed by atoms with van der Waals surface area (Å²) in [7, 11) is 3.64. The summed E-state index contributed by atoms with van der Waals surface area (Å²) in [6.07, 6.45) is 1.89. The highest BCUT2D eigenvalue weighted by Crippen LogP contribution is 2.22. The molecule has 0 saturated heterocycles. The Labute approximate surface area is 113 Å². The second kappa shape index (κ2) is 6.34. The Hall–Kier alpha value is -1.87. The number of hydrogen-bond donors (Lipinski definition) is 0. The minimum absolute atomic E-state index is 0.491. The molecule has 0 radical (unpaired) electrons. The fourth-order valence-electron chi connectivity index (χ4n) is 2.09. The topological polar surface area (TPSA) is 29.5 Å². The molecule has 2 aromatic rings. The Kier molecular flexibility index (Phi) is 4.53. The van der Waals surface area contributed by atoms with Crippen molar-refractivity contribution in [3.63, 3.8) is 0 Å². The Morgan fingerprint density at radius 3 is 2.63 bits per heavy atom. The molecule has 0 fully saturated rings. The second-order valence-corrected chi connectivity index (χ2v) is 4.73. The highest BCUT2D eigenvalue weighted by Gasteiger charge is 2.01. The van der Waals surface area contributed by atoms with Gasteiger partial charge in [-0.15, -0.1) is 0 Å². The first-order valence-electron chi connectivity index (χ1n) is 6.42. The third-order valence-electron chi connectivity index (χ3n) is 3.28. The highest BCUT2D eigenvalue weighted by molar-refractivity contribution is 5.84. The molecule has 0 spiro atoms. The number of aldehydes is 1. The minimum atomic E-state index is 0.491. The van der Waals surface area contributed by atoms with E-state index in [1.54, 1.807) is 7.11 Å². The van der Waals surface area contributed by atoms with Crippen molar-refractivity contribution in [1.29, 1.82) is 0 Å². The predicted molar refractivity (Wildman–Crippen MR) is 77.8 cm³/mol. The van der Waals surface area contributed by atoms with Crippen molar-refractivity contribution in [1.82, 2.24) is 4.90 Å². The molecule has 0 atom stereocenters. The lowest BCUT2D eigenvalue weighted by atomic mass is 10.0. The van der Waals surface area contributed by atoms with Crippen LogP contribution in [0.4, 0.5) is 0 Å². The lowest BCUT2D eigenvalue weighted by Crippen LogP contribution is -2.23. The van der Waals surface area contributed by atoms with Gasteiger partial charge in [-0.1, -0.05) is 24.3 Å². The summed E-state index contributed by atoms with van der Waals surface area (Å²) in [5.74, 6) is 0.881. The molecule has 3 nitrogen and oxygen atoms in total. The summed E-state index contributed by atoms with van der Waals surface area (Å²) >= 11 is 0. The van der Waals surface area contributed by atoms with Crippen LogP contribution in [0, 0.1) is 0 Å². The van der Waals surface area contributed by atoms with Crippen LogP contribution in [-0.2, 0) is 11.2 Å². The number of carbonyl (C=O) groups is 1. The van der Waals surface area contributed by atoms with Crippen molar-refractivity contribution in [2.24, 2.45) is 0 Å². The molecule has 2 aromatic carbocycles. The van der Waals surface area contributed by atoms with Crippen molar-refractivity contribution < 1.29 is 9.53 Å². The average molecular weight is 257 g/mol. The first kappa shape index (κ1) is 13.6. The fraction of sp³-hybridized carbons (Fsp3) is 0.312. The van der Waals surface area contributed by atoms with Gasteiger partial charge in [-0.3, -0.25) is 4.90 Å². The number of hydrogen-bond acceptors (Lipinski definition) is 3. The van der Waals surface area contributed by atoms with Crippen LogP contribution in [0.5, 0.6) is 5.75 Å². The van der Waals surface area contributed by atoms with E-state index in [2.05, 4.69) is 24.3 Å². The quantitative estimate of drug-likeness (QED) is 0.745. The molecule has 0 amide bonds. The molecule has 0 aliphatic rings. The van der Waals surface area contributed by atoms with Gasteiger partial charge in [-0.2, -0.15) is 0 Å². The van der Waals surface area contributed by atoms with E-state index in [4.69, 9.17) is 4.74 Å². The second-order valence-electron chi connectivity index (χ2n) is 4.73. The van der Waals surface area contributed by atoms with Crippen molar-refractivity contribution >= 4 is 17.1 Å². The highest BCUT2D eigenvalue weighted by atomic mass is 16.5. The molecule has 0 aliphatic carbocycles. The fourth-order valence-corrected chi connectivity index (χ4v) is 2.09. The Morgan fingerprint density at radius 2 is 1.89 bits per heavy atom. The zero-order valence-electron chi connectivity index (χ0n) is 11.4. The van der Waals surface area contributed by atoms with E-state index < -0.39 is 0 Å². The molecular formula is C16H19NO2. The van der Waals surface area contributed by atoms with Gasteiger partial charge in [0.25, 0.3) is 0 Å². The summed E-state index contributed by atoms with van der Waals surface area (Å²) in [5.41, 5.74) is 1.29. The first-order chi connectivity index (χ1) is 9.22. The first-order valence-corrected chi connectivity index (χ1v) is 6.42. The summed E-state index contributed by atoms with van der Waals surface area (Å²) in [6.45, 7) is 1.38. The largest absolute Gasteiger partial charge is 0.497 e. The van der Waals surface area contributed by atoms with E-state index in [0.29, 0.717) is 6.54 Å². The van der Waals surface area contributed by atoms with E-state index in [0.717, 1.165) is 25.0 Å². The molecule has 100 valence electrons. The molecule has 0 bridgehead atoms. The Morgan fingerprint density at radius 1 is 1.16 bits per heavy atom. The van der Waals surface area contributed by atoms with E-state index in [1.165, 1.54) is 16.3 Å². The normalized spacial score (nSPS) is 10.9. The van der Waals surface area contributed by atoms with Crippen LogP contribution in [0.15, 0.2) is 36.4 Å². The van der Waals surface area contributed by atoms with E-state index in [9.17, 15) is 4.79 Å². The summed E-state index contributed by atoms with van der Waals surface area (Å²) in [6, 6.07) is 12.5. The third kappa shape index (κ3) is 3.55. The lowest BCUT2D eigenvalue weighted by molar-refractivity contribution is -0.108. The number of nitrogens with zero attached hydrogens (tertiary/aromatic N) is 1. The number of likely N-dealkylation sites (N-methyl/N-ethyl adjacent to an activating group) is 1. The molecule has 0 unspecified atom stereocenters. The van der Waals surface area contributed by atoms with Crippen molar-refractivity contribution in [3.8, 4) is 5.75 Å². The predicted octanol–water partition coefficient (Wildman–Crippen LogP) is 2.52. The van der Waals surface area contributed by atoms with Crippen LogP contribution in [0.25, 0.3) is 10.8 Å². The van der Waals surface area contributed by atoms with Gasteiger partial charge < -0.3 is 9.53 Å². The van der Waals surface area contributed by atoms with Crippen molar-refractivity contribution in [2.45, 2.75) is 6.42 Å². The summed E-state index contributed by atoms with van der Waals surface area (Å²) in [5, 5.41) is 2.40. The van der Waals surface area contributed by atoms with Crippen LogP contribution in [0.3, 0.4) is 0 Å². The van der Waals surface area contributed by atoms with Gasteiger partial charge in [-0.05, 0) is 41.9 Å². The summed E-state index contributed by atoms with van der Waals surface area (Å²) < 4.78 is 5.22. The van der Waals surface area contributed by atoms with Gasteiger partial charge in [0.05, 0.1) is 13.7 Å². The zero-order chi connectivity index (χ0) is 13.7. The Balaban J connectivity index is 2.11. The maximum atomic E-state index is 10.4. The molecule has 0 aromatic heterocycles. The minimum Gasteiger partial charge on any atom is -0.497 e. The molecule has 0 saturated carbocycles. The third-order valence-corrected chi connectivity index (χ3v) is 3.28. The molecule has 0 N–H and O–H groups in total. The number of rotatable bonds is 6. The lowest BCUT2D eigenvalue weighted by Gasteiger charge is -2.13. The molecular weight excluding hydrogens is 238 g/mol. The molecule has 3 heteroatoms.